The van der Waals surface area contributed by atoms with Crippen LogP contribution < -0.4 is 37.4 Å². The Labute approximate surface area is 331 Å². The number of rotatable bonds is 17. The summed E-state index contributed by atoms with van der Waals surface area (Å²) in [5.41, 5.74) is 12.9. The lowest BCUT2D eigenvalue weighted by molar-refractivity contribution is -0.135. The topological polar surface area (TPSA) is 232 Å². The van der Waals surface area contributed by atoms with Crippen LogP contribution in [0.3, 0.4) is 0 Å². The number of nitrogens with one attached hydrogen (secondary N) is 5. The second-order valence-corrected chi connectivity index (χ2v) is 13.8. The highest BCUT2D eigenvalue weighted by Crippen LogP contribution is 2.25. The summed E-state index contributed by atoms with van der Waals surface area (Å²) < 4.78 is 0. The van der Waals surface area contributed by atoms with Gasteiger partial charge in [0.1, 0.15) is 17.8 Å². The van der Waals surface area contributed by atoms with Gasteiger partial charge in [0.2, 0.25) is 35.4 Å². The Kier molecular flexibility index (Phi) is 16.5. The number of nitrogens with two attached hydrogens (primary N) is 1. The molecule has 4 rings (SSSR count). The zero-order chi connectivity index (χ0) is 41.3. The molecular weight excluding hydrogens is 732 g/mol. The lowest BCUT2D eigenvalue weighted by Gasteiger charge is -2.38. The minimum absolute atomic E-state index is 0.0139. The summed E-state index contributed by atoms with van der Waals surface area (Å²) in [4.78, 5) is 93.3. The van der Waals surface area contributed by atoms with Crippen LogP contribution in [0.4, 0.5) is 5.69 Å². The van der Waals surface area contributed by atoms with E-state index in [9.17, 15) is 38.7 Å². The highest BCUT2D eigenvalue weighted by atomic mass is 16.3. The molecule has 0 aliphatic carbocycles. The van der Waals surface area contributed by atoms with E-state index in [1.54, 1.807) is 47.4 Å². The average Bonchev–Trinajstić information content (AvgIpc) is 3.22. The molecule has 0 aromatic heterocycles. The van der Waals surface area contributed by atoms with Crippen molar-refractivity contribution in [1.29, 1.82) is 0 Å². The Hall–Kier alpha value is -6.29. The fraction of sp³-hybridized carbons (Fsp3) is 0.390. The minimum atomic E-state index is -1.15. The van der Waals surface area contributed by atoms with Crippen molar-refractivity contribution in [3.63, 3.8) is 0 Å². The Bertz CT molecular complexity index is 1840. The van der Waals surface area contributed by atoms with Crippen LogP contribution in [-0.4, -0.2) is 95.2 Å². The maximum atomic E-state index is 13.2. The number of hydrogen-bond donors (Lipinski definition) is 7. The summed E-state index contributed by atoms with van der Waals surface area (Å²) in [6.07, 6.45) is 1.51. The number of piperidine rings is 1. The third kappa shape index (κ3) is 13.8. The number of hydrazine groups is 1. The van der Waals surface area contributed by atoms with Gasteiger partial charge in [-0.05, 0) is 61.6 Å². The summed E-state index contributed by atoms with van der Waals surface area (Å²) in [6, 6.07) is 21.3. The quantitative estimate of drug-likeness (QED) is 0.0966. The Balaban J connectivity index is 1.21. The standard InChI is InChI=1S/C41H52N8O8/c1-3-37(53)49(30-12-8-5-9-13-30)31-20-22-48(23-21-31)38(54)19-18-35(51)46-47-41(57)34(25-28-10-6-4-7-11-28)45-36(52)26-43-39(55)27(2)44-40(56)33(42)24-29-14-16-32(50)17-15-29/h4-17,27,31,33-34,50H,3,18-26,42H2,1-2H3,(H,43,55)(H,44,56)(H,45,52)(H,46,51)(H,47,57)/t27-,33+,34+/m1/s1. The van der Waals surface area contributed by atoms with Crippen molar-refractivity contribution < 1.29 is 38.7 Å². The summed E-state index contributed by atoms with van der Waals surface area (Å²) in [6.45, 7) is 3.61. The monoisotopic (exact) mass is 784 g/mol. The van der Waals surface area contributed by atoms with Gasteiger partial charge in [0.05, 0.1) is 12.6 Å². The van der Waals surface area contributed by atoms with Crippen LogP contribution in [0.25, 0.3) is 0 Å². The van der Waals surface area contributed by atoms with Gasteiger partial charge in [-0.1, -0.05) is 67.6 Å². The van der Waals surface area contributed by atoms with E-state index in [0.717, 1.165) is 5.69 Å². The molecule has 0 radical (unpaired) electrons. The van der Waals surface area contributed by atoms with Gasteiger partial charge in [-0.25, -0.2) is 0 Å². The molecule has 57 heavy (non-hydrogen) atoms. The van der Waals surface area contributed by atoms with Gasteiger partial charge < -0.3 is 36.6 Å². The second kappa shape index (κ2) is 21.7. The smallest absolute Gasteiger partial charge is 0.261 e. The highest BCUT2D eigenvalue weighted by molar-refractivity contribution is 5.95. The molecule has 3 atom stereocenters. The van der Waals surface area contributed by atoms with E-state index in [1.165, 1.54) is 19.1 Å². The number of para-hydroxylation sites is 1. The third-order valence-electron chi connectivity index (χ3n) is 9.52. The van der Waals surface area contributed by atoms with Gasteiger partial charge in [-0.3, -0.25) is 44.4 Å². The third-order valence-corrected chi connectivity index (χ3v) is 9.52. The molecule has 3 aromatic rings. The zero-order valence-corrected chi connectivity index (χ0v) is 32.2. The van der Waals surface area contributed by atoms with Crippen molar-refractivity contribution >= 4 is 47.0 Å². The highest BCUT2D eigenvalue weighted by Gasteiger charge is 2.30. The molecule has 1 heterocycles. The van der Waals surface area contributed by atoms with E-state index in [0.29, 0.717) is 43.5 Å². The molecule has 0 spiro atoms. The van der Waals surface area contributed by atoms with Crippen molar-refractivity contribution in [3.8, 4) is 5.75 Å². The van der Waals surface area contributed by atoms with E-state index >= 15 is 0 Å². The number of phenols is 1. The van der Waals surface area contributed by atoms with Crippen molar-refractivity contribution in [2.24, 2.45) is 5.73 Å². The molecule has 7 amide bonds. The van der Waals surface area contributed by atoms with Gasteiger partial charge in [0.15, 0.2) is 0 Å². The van der Waals surface area contributed by atoms with Crippen LogP contribution in [-0.2, 0) is 46.4 Å². The number of likely N-dealkylation sites (tertiary alicyclic amines) is 1. The van der Waals surface area contributed by atoms with Crippen LogP contribution in [0.5, 0.6) is 5.75 Å². The normalized spacial score (nSPS) is 14.3. The molecule has 0 saturated carbocycles. The zero-order valence-electron chi connectivity index (χ0n) is 32.2. The van der Waals surface area contributed by atoms with Crippen LogP contribution in [0.1, 0.15) is 57.1 Å². The van der Waals surface area contributed by atoms with Crippen molar-refractivity contribution in [3.05, 3.63) is 96.1 Å². The van der Waals surface area contributed by atoms with Gasteiger partial charge in [-0.2, -0.15) is 0 Å². The molecule has 16 nitrogen and oxygen atoms in total. The molecule has 304 valence electrons. The summed E-state index contributed by atoms with van der Waals surface area (Å²) in [7, 11) is 0. The van der Waals surface area contributed by atoms with Crippen molar-refractivity contribution in [2.75, 3.05) is 24.5 Å². The van der Waals surface area contributed by atoms with Crippen LogP contribution in [0.15, 0.2) is 84.9 Å². The molecule has 0 bridgehead atoms. The molecule has 1 fully saturated rings. The number of carbonyl (C=O) groups is 7. The Morgan fingerprint density at radius 1 is 0.754 bits per heavy atom. The number of carbonyl (C=O) groups excluding carboxylic acids is 7. The van der Waals surface area contributed by atoms with Crippen molar-refractivity contribution in [2.45, 2.75) is 83.0 Å². The van der Waals surface area contributed by atoms with E-state index < -0.39 is 54.2 Å². The van der Waals surface area contributed by atoms with Crippen LogP contribution in [0.2, 0.25) is 0 Å². The largest absolute Gasteiger partial charge is 0.508 e. The molecule has 1 saturated heterocycles. The van der Waals surface area contributed by atoms with Crippen LogP contribution in [0, 0.1) is 0 Å². The van der Waals surface area contributed by atoms with Crippen LogP contribution >= 0.6 is 0 Å². The Morgan fingerprint density at radius 2 is 1.37 bits per heavy atom. The summed E-state index contributed by atoms with van der Waals surface area (Å²) in [5.74, 6) is -3.41. The number of nitrogens with zero attached hydrogens (tertiary/aromatic N) is 2. The van der Waals surface area contributed by atoms with E-state index in [4.69, 9.17) is 5.73 Å². The lowest BCUT2D eigenvalue weighted by Crippen LogP contribution is -2.55. The first-order valence-electron chi connectivity index (χ1n) is 19.0. The van der Waals surface area contributed by atoms with Gasteiger partial charge >= 0.3 is 0 Å². The van der Waals surface area contributed by atoms with E-state index in [1.807, 2.05) is 42.2 Å². The number of aromatic hydroxyl groups is 1. The fourth-order valence-electron chi connectivity index (χ4n) is 6.34. The van der Waals surface area contributed by atoms with E-state index in [2.05, 4.69) is 26.8 Å². The summed E-state index contributed by atoms with van der Waals surface area (Å²) in [5, 5.41) is 16.9. The number of benzene rings is 3. The predicted molar refractivity (Wildman–Crippen MR) is 212 cm³/mol. The molecule has 0 unspecified atom stereocenters. The molecule has 16 heteroatoms. The SMILES string of the molecule is CCC(=O)N(c1ccccc1)C1CCN(C(=O)CCC(=O)NNC(=O)[C@H](Cc2ccccc2)NC(=O)CNC(=O)[C@@H](C)NC(=O)[C@@H](N)Cc2ccc(O)cc2)CC1. The number of hydrogen-bond acceptors (Lipinski definition) is 9. The van der Waals surface area contributed by atoms with Gasteiger partial charge in [0, 0.05) is 50.5 Å². The molecule has 8 N–H and O–H groups in total. The van der Waals surface area contributed by atoms with Gasteiger partial charge in [-0.15, -0.1) is 0 Å². The molecular formula is C41H52N8O8. The molecule has 1 aliphatic rings. The number of amides is 7. The summed E-state index contributed by atoms with van der Waals surface area (Å²) >= 11 is 0. The predicted octanol–water partition coefficient (Wildman–Crippen LogP) is 0.972. The second-order valence-electron chi connectivity index (χ2n) is 13.8. The van der Waals surface area contributed by atoms with E-state index in [-0.39, 0.29) is 49.3 Å². The first kappa shape index (κ1) is 43.4. The number of phenolic OH excluding ortho intramolecular Hbond substituents is 1. The first-order valence-corrected chi connectivity index (χ1v) is 19.0. The minimum Gasteiger partial charge on any atom is -0.508 e. The van der Waals surface area contributed by atoms with Crippen molar-refractivity contribution in [1.82, 2.24) is 31.7 Å². The fourth-order valence-corrected chi connectivity index (χ4v) is 6.34. The number of anilines is 1. The molecule has 3 aromatic carbocycles. The maximum absolute atomic E-state index is 13.2. The lowest BCUT2D eigenvalue weighted by atomic mass is 10.0. The maximum Gasteiger partial charge on any atom is 0.261 e. The first-order chi connectivity index (χ1) is 27.3. The Morgan fingerprint density at radius 3 is 2.00 bits per heavy atom. The average molecular weight is 785 g/mol. The molecule has 1 aliphatic heterocycles. The van der Waals surface area contributed by atoms with Gasteiger partial charge in [0.25, 0.3) is 5.91 Å².